The zero-order chi connectivity index (χ0) is 8.97. The summed E-state index contributed by atoms with van der Waals surface area (Å²) < 4.78 is 4.82. The molecule has 0 aliphatic rings. The van der Waals surface area contributed by atoms with Crippen molar-refractivity contribution in [3.8, 4) is 0 Å². The van der Waals surface area contributed by atoms with Crippen LogP contribution in [-0.4, -0.2) is 42.1 Å². The fourth-order valence-electron chi connectivity index (χ4n) is 0.855. The van der Waals surface area contributed by atoms with Crippen LogP contribution in [0.5, 0.6) is 0 Å². The van der Waals surface area contributed by atoms with Crippen LogP contribution in [0, 0.1) is 0 Å². The maximum absolute atomic E-state index is 11.2. The third-order valence-electron chi connectivity index (χ3n) is 1.40. The number of ether oxygens (including phenoxy) is 1. The predicted octanol–water partition coefficient (Wildman–Crippen LogP) is 1.77. The summed E-state index contributed by atoms with van der Waals surface area (Å²) >= 11 is 4.13. The SMILES string of the molecule is CCOC(=O)c1ccccc1S.[Na]. The Bertz CT molecular complexity index is 289. The van der Waals surface area contributed by atoms with Gasteiger partial charge in [-0.15, -0.1) is 12.6 Å². The van der Waals surface area contributed by atoms with Gasteiger partial charge in [-0.3, -0.25) is 0 Å². The van der Waals surface area contributed by atoms with Crippen molar-refractivity contribution in [3.05, 3.63) is 29.8 Å². The summed E-state index contributed by atoms with van der Waals surface area (Å²) in [5.41, 5.74) is 0.516. The van der Waals surface area contributed by atoms with Gasteiger partial charge < -0.3 is 4.74 Å². The summed E-state index contributed by atoms with van der Waals surface area (Å²) in [6, 6.07) is 7.06. The first-order valence-electron chi connectivity index (χ1n) is 3.70. The minimum atomic E-state index is -0.317. The Kier molecular flexibility index (Phi) is 6.51. The molecule has 0 atom stereocenters. The van der Waals surface area contributed by atoms with Crippen molar-refractivity contribution in [2.45, 2.75) is 11.8 Å². The van der Waals surface area contributed by atoms with Gasteiger partial charge in [0.15, 0.2) is 0 Å². The summed E-state index contributed by atoms with van der Waals surface area (Å²) in [7, 11) is 0. The van der Waals surface area contributed by atoms with Gasteiger partial charge in [-0.25, -0.2) is 4.79 Å². The fourth-order valence-corrected chi connectivity index (χ4v) is 1.11. The molecule has 0 amide bonds. The van der Waals surface area contributed by atoms with E-state index in [2.05, 4.69) is 12.6 Å². The van der Waals surface area contributed by atoms with E-state index in [0.717, 1.165) is 0 Å². The first kappa shape index (κ1) is 13.0. The summed E-state index contributed by atoms with van der Waals surface area (Å²) in [6.45, 7) is 2.17. The summed E-state index contributed by atoms with van der Waals surface area (Å²) in [5, 5.41) is 0. The van der Waals surface area contributed by atoms with E-state index in [-0.39, 0.29) is 35.5 Å². The van der Waals surface area contributed by atoms with E-state index >= 15 is 0 Å². The molecular formula is C9H10NaO2S. The van der Waals surface area contributed by atoms with Gasteiger partial charge in [0.05, 0.1) is 12.2 Å². The summed E-state index contributed by atoms with van der Waals surface area (Å²) in [4.78, 5) is 11.8. The Morgan fingerprint density at radius 1 is 1.46 bits per heavy atom. The van der Waals surface area contributed by atoms with E-state index in [1.165, 1.54) is 0 Å². The maximum Gasteiger partial charge on any atom is 0.339 e. The number of rotatable bonds is 2. The normalized spacial score (nSPS) is 8.77. The van der Waals surface area contributed by atoms with Crippen molar-refractivity contribution in [2.75, 3.05) is 6.61 Å². The molecule has 0 unspecified atom stereocenters. The molecule has 4 heteroatoms. The largest absolute Gasteiger partial charge is 0.462 e. The molecule has 0 fully saturated rings. The van der Waals surface area contributed by atoms with Gasteiger partial charge in [-0.1, -0.05) is 12.1 Å². The van der Waals surface area contributed by atoms with E-state index in [0.29, 0.717) is 17.1 Å². The molecule has 0 aromatic heterocycles. The zero-order valence-corrected chi connectivity index (χ0v) is 10.7. The smallest absolute Gasteiger partial charge is 0.339 e. The van der Waals surface area contributed by atoms with Crippen LogP contribution in [-0.2, 0) is 4.74 Å². The average Bonchev–Trinajstić information content (AvgIpc) is 2.05. The Morgan fingerprint density at radius 2 is 2.08 bits per heavy atom. The van der Waals surface area contributed by atoms with Crippen LogP contribution in [0.4, 0.5) is 0 Å². The molecule has 0 bridgehead atoms. The van der Waals surface area contributed by atoms with Crippen molar-refractivity contribution < 1.29 is 9.53 Å². The van der Waals surface area contributed by atoms with Crippen LogP contribution in [0.3, 0.4) is 0 Å². The minimum absolute atomic E-state index is 0. The molecule has 2 nitrogen and oxygen atoms in total. The van der Waals surface area contributed by atoms with Gasteiger partial charge in [0.1, 0.15) is 0 Å². The standard InChI is InChI=1S/C9H10O2S.Na/c1-2-11-9(10)7-5-3-4-6-8(7)12;/h3-6,12H,2H2,1H3;. The number of esters is 1. The van der Waals surface area contributed by atoms with Crippen LogP contribution < -0.4 is 0 Å². The monoisotopic (exact) mass is 205 g/mol. The van der Waals surface area contributed by atoms with Crippen LogP contribution in [0.1, 0.15) is 17.3 Å². The topological polar surface area (TPSA) is 26.3 Å². The predicted molar refractivity (Wildman–Crippen MR) is 55.4 cm³/mol. The molecule has 1 aromatic rings. The van der Waals surface area contributed by atoms with Crippen LogP contribution >= 0.6 is 12.6 Å². The second-order valence-corrected chi connectivity index (χ2v) is 2.72. The molecule has 1 radical (unpaired) electrons. The molecule has 0 aliphatic carbocycles. The molecular weight excluding hydrogens is 195 g/mol. The van der Waals surface area contributed by atoms with Gasteiger partial charge in [0.25, 0.3) is 0 Å². The molecule has 1 aromatic carbocycles. The zero-order valence-electron chi connectivity index (χ0n) is 7.78. The van der Waals surface area contributed by atoms with Crippen LogP contribution in [0.2, 0.25) is 0 Å². The number of carbonyl (C=O) groups is 1. The van der Waals surface area contributed by atoms with Crippen LogP contribution in [0.25, 0.3) is 0 Å². The Labute approximate surface area is 105 Å². The molecule has 0 aliphatic heterocycles. The van der Waals surface area contributed by atoms with Crippen LogP contribution in [0.15, 0.2) is 29.2 Å². The Hall–Kier alpha value is 0.0400. The maximum atomic E-state index is 11.2. The van der Waals surface area contributed by atoms with E-state index in [1.54, 1.807) is 25.1 Å². The van der Waals surface area contributed by atoms with E-state index in [4.69, 9.17) is 4.74 Å². The fraction of sp³-hybridized carbons (Fsp3) is 0.222. The van der Waals surface area contributed by atoms with Crippen molar-refractivity contribution in [3.63, 3.8) is 0 Å². The molecule has 0 N–H and O–H groups in total. The summed E-state index contributed by atoms with van der Waals surface area (Å²) in [5.74, 6) is -0.317. The molecule has 0 saturated carbocycles. The Morgan fingerprint density at radius 3 is 2.62 bits per heavy atom. The van der Waals surface area contributed by atoms with Gasteiger partial charge in [0, 0.05) is 34.5 Å². The van der Waals surface area contributed by atoms with E-state index < -0.39 is 0 Å². The molecule has 0 heterocycles. The Balaban J connectivity index is 0.00000144. The number of carbonyl (C=O) groups excluding carboxylic acids is 1. The van der Waals surface area contributed by atoms with E-state index in [1.807, 2.05) is 6.07 Å². The summed E-state index contributed by atoms with van der Waals surface area (Å²) in [6.07, 6.45) is 0. The van der Waals surface area contributed by atoms with Gasteiger partial charge in [-0.2, -0.15) is 0 Å². The van der Waals surface area contributed by atoms with Crippen molar-refractivity contribution in [1.29, 1.82) is 0 Å². The molecule has 0 saturated heterocycles. The number of hydrogen-bond acceptors (Lipinski definition) is 3. The number of benzene rings is 1. The van der Waals surface area contributed by atoms with Crippen molar-refractivity contribution in [2.24, 2.45) is 0 Å². The van der Waals surface area contributed by atoms with Gasteiger partial charge in [0.2, 0.25) is 0 Å². The van der Waals surface area contributed by atoms with E-state index in [9.17, 15) is 4.79 Å². The second kappa shape index (κ2) is 6.49. The second-order valence-electron chi connectivity index (χ2n) is 2.24. The number of hydrogen-bond donors (Lipinski definition) is 1. The molecule has 13 heavy (non-hydrogen) atoms. The quantitative estimate of drug-likeness (QED) is 0.452. The minimum Gasteiger partial charge on any atom is -0.462 e. The third-order valence-corrected chi connectivity index (χ3v) is 1.79. The molecule has 65 valence electrons. The first-order valence-corrected chi connectivity index (χ1v) is 4.15. The van der Waals surface area contributed by atoms with Crippen molar-refractivity contribution in [1.82, 2.24) is 0 Å². The third kappa shape index (κ3) is 3.73. The van der Waals surface area contributed by atoms with Gasteiger partial charge in [-0.05, 0) is 19.1 Å². The average molecular weight is 205 g/mol. The first-order chi connectivity index (χ1) is 5.75. The van der Waals surface area contributed by atoms with Crippen molar-refractivity contribution >= 4 is 48.2 Å². The molecule has 1 rings (SSSR count). The number of thiol groups is 1. The molecule has 0 spiro atoms. The van der Waals surface area contributed by atoms with Gasteiger partial charge >= 0.3 is 5.97 Å².